The number of phosphoric ester groups is 1. The van der Waals surface area contributed by atoms with Gasteiger partial charge in [0, 0.05) is 30.8 Å². The number of aromatic nitrogens is 1. The van der Waals surface area contributed by atoms with Crippen LogP contribution in [0, 0.1) is 6.92 Å². The van der Waals surface area contributed by atoms with Crippen LogP contribution in [0.3, 0.4) is 0 Å². The molecule has 0 fully saturated rings. The highest BCUT2D eigenvalue weighted by Crippen LogP contribution is 2.38. The normalized spacial score (nSPS) is 12.6. The molecule has 25 heavy (non-hydrogen) atoms. The van der Waals surface area contributed by atoms with E-state index in [4.69, 9.17) is 14.9 Å². The molecule has 0 bridgehead atoms. The number of phosphoric acid groups is 1. The molecule has 1 aromatic rings. The molecular formula is C13H19N2O9P. The number of nitrogens with zero attached hydrogens (tertiary/aromatic N) is 1. The van der Waals surface area contributed by atoms with Crippen LogP contribution in [-0.4, -0.2) is 49.6 Å². The second-order valence-electron chi connectivity index (χ2n) is 5.03. The number of carboxylic acid groups (broad SMARTS) is 1. The van der Waals surface area contributed by atoms with Gasteiger partial charge in [0.15, 0.2) is 0 Å². The van der Waals surface area contributed by atoms with Crippen molar-refractivity contribution in [2.45, 2.75) is 33.0 Å². The highest BCUT2D eigenvalue weighted by molar-refractivity contribution is 7.46. The van der Waals surface area contributed by atoms with E-state index >= 15 is 0 Å². The highest BCUT2D eigenvalue weighted by Gasteiger charge is 2.22. The topological polar surface area (TPSA) is 176 Å². The Kier molecular flexibility index (Phi) is 7.46. The SMILES string of the molecule is CC(=O)OC[C@H](NCc1c(COP(=O)(O)O)cnc(C)c1O)C(=O)O. The van der Waals surface area contributed by atoms with Crippen LogP contribution in [0.2, 0.25) is 0 Å². The molecule has 0 unspecified atom stereocenters. The zero-order chi connectivity index (χ0) is 19.2. The summed E-state index contributed by atoms with van der Waals surface area (Å²) >= 11 is 0. The number of ether oxygens (including phenoxy) is 1. The number of hydrogen-bond donors (Lipinski definition) is 5. The zero-order valence-corrected chi connectivity index (χ0v) is 14.4. The Morgan fingerprint density at radius 1 is 1.40 bits per heavy atom. The van der Waals surface area contributed by atoms with Crippen LogP contribution >= 0.6 is 7.82 Å². The summed E-state index contributed by atoms with van der Waals surface area (Å²) in [7, 11) is -4.73. The van der Waals surface area contributed by atoms with Gasteiger partial charge in [-0.15, -0.1) is 0 Å². The van der Waals surface area contributed by atoms with E-state index in [0.717, 1.165) is 6.92 Å². The lowest BCUT2D eigenvalue weighted by atomic mass is 10.1. The van der Waals surface area contributed by atoms with Crippen LogP contribution in [0.4, 0.5) is 0 Å². The van der Waals surface area contributed by atoms with Crippen molar-refractivity contribution in [3.05, 3.63) is 23.0 Å². The summed E-state index contributed by atoms with van der Waals surface area (Å²) in [5.74, 6) is -2.19. The van der Waals surface area contributed by atoms with Crippen molar-refractivity contribution < 1.29 is 43.4 Å². The fraction of sp³-hybridized carbons (Fsp3) is 0.462. The van der Waals surface area contributed by atoms with Crippen molar-refractivity contribution in [2.24, 2.45) is 0 Å². The molecule has 5 N–H and O–H groups in total. The summed E-state index contributed by atoms with van der Waals surface area (Å²) in [5.41, 5.74) is 0.564. The van der Waals surface area contributed by atoms with Gasteiger partial charge in [-0.3, -0.25) is 24.4 Å². The molecule has 0 aliphatic heterocycles. The number of aromatic hydroxyl groups is 1. The monoisotopic (exact) mass is 378 g/mol. The van der Waals surface area contributed by atoms with Crippen LogP contribution in [0.25, 0.3) is 0 Å². The summed E-state index contributed by atoms with van der Waals surface area (Å²) in [6.07, 6.45) is 1.25. The van der Waals surface area contributed by atoms with Crippen molar-refractivity contribution in [1.29, 1.82) is 0 Å². The molecule has 0 saturated carbocycles. The molecular weight excluding hydrogens is 359 g/mol. The molecule has 0 aliphatic rings. The number of carboxylic acids is 1. The van der Waals surface area contributed by atoms with Gasteiger partial charge in [-0.05, 0) is 6.92 Å². The molecule has 0 aromatic carbocycles. The average Bonchev–Trinajstić information content (AvgIpc) is 2.48. The van der Waals surface area contributed by atoms with Crippen molar-refractivity contribution in [3.8, 4) is 5.75 Å². The largest absolute Gasteiger partial charge is 0.506 e. The number of hydrogen-bond acceptors (Lipinski definition) is 8. The summed E-state index contributed by atoms with van der Waals surface area (Å²) in [6.45, 7) is 1.48. The minimum atomic E-state index is -4.73. The standard InChI is InChI=1S/C13H19N2O9P/c1-7-12(17)10(9(3-14-7)5-24-25(20,21)22)4-15-11(13(18)19)6-23-8(2)16/h3,11,15,17H,4-6H2,1-2H3,(H,18,19)(H2,20,21,22)/t11-/m0/s1. The molecule has 1 heterocycles. The molecule has 1 aromatic heterocycles. The number of aryl methyl sites for hydroxylation is 1. The summed E-state index contributed by atoms with van der Waals surface area (Å²) < 4.78 is 19.9. The Balaban J connectivity index is 2.94. The van der Waals surface area contributed by atoms with E-state index in [1.165, 1.54) is 13.1 Å². The van der Waals surface area contributed by atoms with Crippen LogP contribution < -0.4 is 5.32 Å². The van der Waals surface area contributed by atoms with Gasteiger partial charge in [0.2, 0.25) is 0 Å². The third-order valence-electron chi connectivity index (χ3n) is 3.10. The van der Waals surface area contributed by atoms with E-state index in [-0.39, 0.29) is 29.1 Å². The third-order valence-corrected chi connectivity index (χ3v) is 3.56. The number of carbonyl (C=O) groups excluding carboxylic acids is 1. The Morgan fingerprint density at radius 3 is 2.56 bits per heavy atom. The number of carbonyl (C=O) groups is 2. The van der Waals surface area contributed by atoms with Crippen LogP contribution in [0.1, 0.15) is 23.7 Å². The first-order chi connectivity index (χ1) is 11.5. The molecule has 11 nitrogen and oxygen atoms in total. The second-order valence-corrected chi connectivity index (χ2v) is 6.27. The first-order valence-electron chi connectivity index (χ1n) is 6.97. The lowest BCUT2D eigenvalue weighted by Crippen LogP contribution is -2.40. The number of rotatable bonds is 9. The Bertz CT molecular complexity index is 688. The first kappa shape index (κ1) is 21.0. The van der Waals surface area contributed by atoms with Gasteiger partial charge < -0.3 is 24.7 Å². The molecule has 0 radical (unpaired) electrons. The van der Waals surface area contributed by atoms with E-state index in [0.29, 0.717) is 0 Å². The molecule has 0 saturated heterocycles. The van der Waals surface area contributed by atoms with Gasteiger partial charge in [-0.1, -0.05) is 0 Å². The molecule has 0 spiro atoms. The van der Waals surface area contributed by atoms with Crippen molar-refractivity contribution in [2.75, 3.05) is 6.61 Å². The minimum Gasteiger partial charge on any atom is -0.506 e. The summed E-state index contributed by atoms with van der Waals surface area (Å²) in [5, 5.41) is 21.8. The number of aliphatic carboxylic acids is 1. The minimum absolute atomic E-state index is 0.162. The molecule has 12 heteroatoms. The van der Waals surface area contributed by atoms with Crippen molar-refractivity contribution >= 4 is 19.8 Å². The quantitative estimate of drug-likeness (QED) is 0.284. The van der Waals surface area contributed by atoms with Crippen molar-refractivity contribution in [1.82, 2.24) is 10.3 Å². The van der Waals surface area contributed by atoms with Gasteiger partial charge in [0.25, 0.3) is 0 Å². The number of esters is 1. The van der Waals surface area contributed by atoms with E-state index in [1.54, 1.807) is 0 Å². The zero-order valence-electron chi connectivity index (χ0n) is 13.5. The Labute approximate surface area is 142 Å². The average molecular weight is 378 g/mol. The van der Waals surface area contributed by atoms with Crippen molar-refractivity contribution in [3.63, 3.8) is 0 Å². The fourth-order valence-corrected chi connectivity index (χ4v) is 2.11. The third kappa shape index (κ3) is 7.16. The predicted molar refractivity (Wildman–Crippen MR) is 82.4 cm³/mol. The number of nitrogens with one attached hydrogen (secondary N) is 1. The van der Waals surface area contributed by atoms with E-state index in [1.807, 2.05) is 0 Å². The van der Waals surface area contributed by atoms with Gasteiger partial charge in [0.1, 0.15) is 18.4 Å². The van der Waals surface area contributed by atoms with Gasteiger partial charge >= 0.3 is 19.8 Å². The predicted octanol–water partition coefficient (Wildman–Crippen LogP) is -0.189. The number of pyridine rings is 1. The smallest absolute Gasteiger partial charge is 0.469 e. The summed E-state index contributed by atoms with van der Waals surface area (Å²) in [6, 6.07) is -1.24. The van der Waals surface area contributed by atoms with Gasteiger partial charge in [-0.2, -0.15) is 0 Å². The fourth-order valence-electron chi connectivity index (χ4n) is 1.80. The van der Waals surface area contributed by atoms with Crippen LogP contribution in [0.15, 0.2) is 6.20 Å². The molecule has 140 valence electrons. The van der Waals surface area contributed by atoms with Gasteiger partial charge in [0.05, 0.1) is 12.3 Å². The van der Waals surface area contributed by atoms with Gasteiger partial charge in [-0.25, -0.2) is 4.57 Å². The molecule has 1 atom stereocenters. The lowest BCUT2D eigenvalue weighted by molar-refractivity contribution is -0.147. The highest BCUT2D eigenvalue weighted by atomic mass is 31.2. The summed E-state index contributed by atoms with van der Waals surface area (Å²) in [4.78, 5) is 43.4. The van der Waals surface area contributed by atoms with Crippen LogP contribution in [0.5, 0.6) is 5.75 Å². The maximum atomic E-state index is 11.2. The molecule has 1 rings (SSSR count). The first-order valence-corrected chi connectivity index (χ1v) is 8.50. The lowest BCUT2D eigenvalue weighted by Gasteiger charge is -2.17. The second kappa shape index (κ2) is 8.88. The van der Waals surface area contributed by atoms with E-state index < -0.39 is 39.0 Å². The maximum Gasteiger partial charge on any atom is 0.469 e. The molecule has 0 amide bonds. The van der Waals surface area contributed by atoms with E-state index in [9.17, 15) is 19.3 Å². The maximum absolute atomic E-state index is 11.2. The molecule has 0 aliphatic carbocycles. The Hall–Kier alpha value is -2.04. The van der Waals surface area contributed by atoms with E-state index in [2.05, 4.69) is 19.6 Å². The Morgan fingerprint density at radius 2 is 2.04 bits per heavy atom. The van der Waals surface area contributed by atoms with Crippen LogP contribution in [-0.2, 0) is 36.6 Å².